The molecule has 1 aromatic rings. The van der Waals surface area contributed by atoms with Crippen LogP contribution in [0.3, 0.4) is 0 Å². The Morgan fingerprint density at radius 1 is 1.35 bits per heavy atom. The summed E-state index contributed by atoms with van der Waals surface area (Å²) in [6, 6.07) is 5.42. The molecule has 20 heavy (non-hydrogen) atoms. The van der Waals surface area contributed by atoms with Crippen molar-refractivity contribution < 1.29 is 4.39 Å². The van der Waals surface area contributed by atoms with E-state index in [1.807, 2.05) is 0 Å². The van der Waals surface area contributed by atoms with E-state index in [1.165, 1.54) is 51.4 Å². The van der Waals surface area contributed by atoms with E-state index in [0.717, 1.165) is 16.6 Å². The summed E-state index contributed by atoms with van der Waals surface area (Å²) < 4.78 is 14.2. The van der Waals surface area contributed by atoms with Crippen LogP contribution in [0, 0.1) is 5.82 Å². The highest BCUT2D eigenvalue weighted by Gasteiger charge is 2.16. The molecular weight excluding hydrogens is 319 g/mol. The van der Waals surface area contributed by atoms with E-state index >= 15 is 0 Å². The number of benzene rings is 1. The van der Waals surface area contributed by atoms with Gasteiger partial charge in [-0.1, -0.05) is 22.9 Å². The van der Waals surface area contributed by atoms with Gasteiger partial charge in [0.1, 0.15) is 5.82 Å². The van der Waals surface area contributed by atoms with Crippen LogP contribution in [0.2, 0.25) is 0 Å². The van der Waals surface area contributed by atoms with Gasteiger partial charge in [-0.15, -0.1) is 0 Å². The zero-order chi connectivity index (χ0) is 14.4. The van der Waals surface area contributed by atoms with Crippen LogP contribution in [-0.2, 0) is 6.54 Å². The minimum Gasteiger partial charge on any atom is -0.310 e. The lowest BCUT2D eigenvalue weighted by Gasteiger charge is -2.19. The maximum absolute atomic E-state index is 13.3. The first-order valence-electron chi connectivity index (χ1n) is 7.58. The van der Waals surface area contributed by atoms with E-state index in [-0.39, 0.29) is 5.82 Å². The molecule has 1 N–H and O–H groups in total. The fourth-order valence-corrected chi connectivity index (χ4v) is 3.22. The lowest BCUT2D eigenvalue weighted by Crippen LogP contribution is -2.31. The lowest BCUT2D eigenvalue weighted by atomic mass is 10.1. The highest BCUT2D eigenvalue weighted by molar-refractivity contribution is 9.10. The third-order valence-corrected chi connectivity index (χ3v) is 4.72. The molecule has 1 aliphatic rings. The van der Waals surface area contributed by atoms with Crippen LogP contribution in [0.5, 0.6) is 0 Å². The third-order valence-electron chi connectivity index (χ3n) is 3.95. The largest absolute Gasteiger partial charge is 0.310 e. The van der Waals surface area contributed by atoms with Gasteiger partial charge in [0.05, 0.1) is 0 Å². The zero-order valence-electron chi connectivity index (χ0n) is 12.2. The van der Waals surface area contributed by atoms with Crippen LogP contribution < -0.4 is 5.32 Å². The van der Waals surface area contributed by atoms with E-state index < -0.39 is 0 Å². The molecule has 0 radical (unpaired) electrons. The van der Waals surface area contributed by atoms with Gasteiger partial charge in [-0.25, -0.2) is 4.39 Å². The molecule has 1 aliphatic heterocycles. The molecule has 1 heterocycles. The van der Waals surface area contributed by atoms with Gasteiger partial charge in [0.25, 0.3) is 0 Å². The molecule has 4 heteroatoms. The summed E-state index contributed by atoms with van der Waals surface area (Å²) in [5.74, 6) is -0.167. The highest BCUT2D eigenvalue weighted by Crippen LogP contribution is 2.19. The maximum atomic E-state index is 13.3. The highest BCUT2D eigenvalue weighted by atomic mass is 79.9. The number of rotatable bonds is 5. The van der Waals surface area contributed by atoms with Gasteiger partial charge in [-0.3, -0.25) is 0 Å². The van der Waals surface area contributed by atoms with E-state index in [9.17, 15) is 4.39 Å². The standard InChI is InChI=1S/C16H24BrFN2/c1-2-8-20-9-3-4-15(7-10-20)19-12-13-11-14(18)5-6-16(13)17/h5-6,11,15,19H,2-4,7-10,12H2,1H3. The van der Waals surface area contributed by atoms with Gasteiger partial charge < -0.3 is 10.2 Å². The molecule has 1 atom stereocenters. The average Bonchev–Trinajstić information content (AvgIpc) is 2.66. The number of hydrogen-bond acceptors (Lipinski definition) is 2. The van der Waals surface area contributed by atoms with E-state index in [0.29, 0.717) is 6.04 Å². The van der Waals surface area contributed by atoms with Crippen LogP contribution in [0.4, 0.5) is 4.39 Å². The van der Waals surface area contributed by atoms with Crippen molar-refractivity contribution in [2.24, 2.45) is 0 Å². The first-order chi connectivity index (χ1) is 9.69. The second-order valence-corrected chi connectivity index (χ2v) is 6.44. The van der Waals surface area contributed by atoms with Crippen molar-refractivity contribution in [1.29, 1.82) is 0 Å². The lowest BCUT2D eigenvalue weighted by molar-refractivity contribution is 0.282. The van der Waals surface area contributed by atoms with Crippen LogP contribution in [0.15, 0.2) is 22.7 Å². The summed E-state index contributed by atoms with van der Waals surface area (Å²) in [5.41, 5.74) is 1.000. The quantitative estimate of drug-likeness (QED) is 0.871. The Labute approximate surface area is 129 Å². The minimum atomic E-state index is -0.167. The predicted octanol–water partition coefficient (Wildman–Crippen LogP) is 3.94. The Hall–Kier alpha value is -0.450. The van der Waals surface area contributed by atoms with Crippen LogP contribution in [-0.4, -0.2) is 30.6 Å². The van der Waals surface area contributed by atoms with Crippen molar-refractivity contribution >= 4 is 15.9 Å². The summed E-state index contributed by atoms with van der Waals surface area (Å²) in [4.78, 5) is 2.56. The Kier molecular flexibility index (Phi) is 6.46. The summed E-state index contributed by atoms with van der Waals surface area (Å²) in [5, 5.41) is 3.59. The number of nitrogens with zero attached hydrogens (tertiary/aromatic N) is 1. The minimum absolute atomic E-state index is 0.167. The smallest absolute Gasteiger partial charge is 0.123 e. The molecule has 1 saturated heterocycles. The van der Waals surface area contributed by atoms with Gasteiger partial charge in [-0.05, 0) is 69.1 Å². The third kappa shape index (κ3) is 4.83. The molecule has 0 spiro atoms. The molecule has 0 aromatic heterocycles. The number of hydrogen-bond donors (Lipinski definition) is 1. The van der Waals surface area contributed by atoms with Crippen molar-refractivity contribution in [3.05, 3.63) is 34.1 Å². The second kappa shape index (κ2) is 8.11. The summed E-state index contributed by atoms with van der Waals surface area (Å²) >= 11 is 3.49. The van der Waals surface area contributed by atoms with Gasteiger partial charge in [0.15, 0.2) is 0 Å². The Morgan fingerprint density at radius 3 is 3.00 bits per heavy atom. The molecule has 1 fully saturated rings. The van der Waals surface area contributed by atoms with Crippen LogP contribution in [0.25, 0.3) is 0 Å². The molecule has 0 saturated carbocycles. The molecule has 0 amide bonds. The first kappa shape index (κ1) is 15.9. The zero-order valence-corrected chi connectivity index (χ0v) is 13.8. The molecule has 2 rings (SSSR count). The Balaban J connectivity index is 1.83. The normalized spacial score (nSPS) is 20.9. The van der Waals surface area contributed by atoms with Crippen LogP contribution in [0.1, 0.15) is 38.2 Å². The van der Waals surface area contributed by atoms with Gasteiger partial charge in [-0.2, -0.15) is 0 Å². The first-order valence-corrected chi connectivity index (χ1v) is 8.38. The van der Waals surface area contributed by atoms with Crippen molar-refractivity contribution in [2.45, 2.75) is 45.2 Å². The average molecular weight is 343 g/mol. The maximum Gasteiger partial charge on any atom is 0.123 e. The monoisotopic (exact) mass is 342 g/mol. The molecule has 2 nitrogen and oxygen atoms in total. The van der Waals surface area contributed by atoms with Crippen molar-refractivity contribution in [2.75, 3.05) is 19.6 Å². The number of halogens is 2. The fraction of sp³-hybridized carbons (Fsp3) is 0.625. The summed E-state index contributed by atoms with van der Waals surface area (Å²) in [6.45, 7) is 6.58. The van der Waals surface area contributed by atoms with Gasteiger partial charge in [0.2, 0.25) is 0 Å². The molecule has 112 valence electrons. The molecule has 0 aliphatic carbocycles. The van der Waals surface area contributed by atoms with Crippen molar-refractivity contribution in [3.8, 4) is 0 Å². The Bertz CT molecular complexity index is 425. The number of likely N-dealkylation sites (tertiary alicyclic amines) is 1. The summed E-state index contributed by atoms with van der Waals surface area (Å²) in [7, 11) is 0. The van der Waals surface area contributed by atoms with E-state index in [4.69, 9.17) is 0 Å². The van der Waals surface area contributed by atoms with Gasteiger partial charge >= 0.3 is 0 Å². The second-order valence-electron chi connectivity index (χ2n) is 5.59. The summed E-state index contributed by atoms with van der Waals surface area (Å²) in [6.07, 6.45) is 4.89. The van der Waals surface area contributed by atoms with E-state index in [1.54, 1.807) is 12.1 Å². The topological polar surface area (TPSA) is 15.3 Å². The van der Waals surface area contributed by atoms with E-state index in [2.05, 4.69) is 33.1 Å². The predicted molar refractivity (Wildman–Crippen MR) is 85.3 cm³/mol. The van der Waals surface area contributed by atoms with Crippen molar-refractivity contribution in [1.82, 2.24) is 10.2 Å². The molecule has 1 unspecified atom stereocenters. The van der Waals surface area contributed by atoms with Gasteiger partial charge in [0, 0.05) is 17.1 Å². The molecular formula is C16H24BrFN2. The molecule has 1 aromatic carbocycles. The fourth-order valence-electron chi connectivity index (χ4n) is 2.83. The Morgan fingerprint density at radius 2 is 2.20 bits per heavy atom. The number of nitrogens with one attached hydrogen (secondary N) is 1. The SMILES string of the molecule is CCCN1CCCC(NCc2cc(F)ccc2Br)CC1. The molecule has 0 bridgehead atoms. The van der Waals surface area contributed by atoms with Crippen LogP contribution >= 0.6 is 15.9 Å². The van der Waals surface area contributed by atoms with Crippen molar-refractivity contribution in [3.63, 3.8) is 0 Å².